The lowest BCUT2D eigenvalue weighted by molar-refractivity contribution is 0.0995. The molecule has 0 aromatic carbocycles. The lowest BCUT2D eigenvalue weighted by atomic mass is 10.3. The van der Waals surface area contributed by atoms with Gasteiger partial charge in [0, 0.05) is 0 Å². The van der Waals surface area contributed by atoms with Gasteiger partial charge in [-0.25, -0.2) is 4.98 Å². The van der Waals surface area contributed by atoms with Gasteiger partial charge in [0.05, 0.1) is 6.10 Å². The van der Waals surface area contributed by atoms with Crippen molar-refractivity contribution in [2.24, 2.45) is 5.73 Å². The van der Waals surface area contributed by atoms with Crippen LogP contribution in [-0.4, -0.2) is 17.0 Å². The Kier molecular flexibility index (Phi) is 2.26. The number of nitrogens with zero attached hydrogens (tertiary/aromatic N) is 2. The topological polar surface area (TPSA) is 89.0 Å². The summed E-state index contributed by atoms with van der Waals surface area (Å²) in [5.41, 5.74) is 5.24. The van der Waals surface area contributed by atoms with Gasteiger partial charge in [-0.05, 0) is 25.0 Å². The van der Waals surface area contributed by atoms with E-state index < -0.39 is 5.91 Å². The molecule has 0 saturated heterocycles. The summed E-state index contributed by atoms with van der Waals surface area (Å²) in [6.07, 6.45) is 2.20. The Morgan fingerprint density at radius 1 is 1.60 bits per heavy atom. The summed E-state index contributed by atoms with van der Waals surface area (Å²) < 4.78 is 5.44. The van der Waals surface area contributed by atoms with E-state index in [1.807, 2.05) is 6.07 Å². The first kappa shape index (κ1) is 9.46. The van der Waals surface area contributed by atoms with Crippen LogP contribution in [0.5, 0.6) is 5.75 Å². The average Bonchev–Trinajstić information content (AvgIpc) is 3.02. The fourth-order valence-electron chi connectivity index (χ4n) is 1.12. The highest BCUT2D eigenvalue weighted by atomic mass is 16.5. The highest BCUT2D eigenvalue weighted by Gasteiger charge is 2.25. The molecular formula is C10H9N3O2. The number of hydrogen-bond acceptors (Lipinski definition) is 4. The number of pyridine rings is 1. The number of amides is 1. The Hall–Kier alpha value is -2.09. The molecule has 1 saturated carbocycles. The van der Waals surface area contributed by atoms with Crippen molar-refractivity contribution >= 4 is 5.91 Å². The summed E-state index contributed by atoms with van der Waals surface area (Å²) in [6, 6.07) is 4.90. The minimum Gasteiger partial charge on any atom is -0.487 e. The zero-order chi connectivity index (χ0) is 10.8. The van der Waals surface area contributed by atoms with E-state index in [0.29, 0.717) is 5.75 Å². The maximum atomic E-state index is 10.8. The fourth-order valence-corrected chi connectivity index (χ4v) is 1.12. The SMILES string of the molecule is N#Cc1nc(C(N)=O)ccc1OC1CC1. The van der Waals surface area contributed by atoms with Crippen LogP contribution in [0.15, 0.2) is 12.1 Å². The first-order valence-corrected chi connectivity index (χ1v) is 4.58. The summed E-state index contributed by atoms with van der Waals surface area (Å²) in [5, 5.41) is 8.81. The average molecular weight is 203 g/mol. The smallest absolute Gasteiger partial charge is 0.267 e. The predicted molar refractivity (Wildman–Crippen MR) is 51.1 cm³/mol. The fraction of sp³-hybridized carbons (Fsp3) is 0.300. The number of aromatic nitrogens is 1. The second kappa shape index (κ2) is 3.58. The van der Waals surface area contributed by atoms with E-state index in [-0.39, 0.29) is 17.5 Å². The summed E-state index contributed by atoms with van der Waals surface area (Å²) in [6.45, 7) is 0. The van der Waals surface area contributed by atoms with E-state index in [4.69, 9.17) is 15.7 Å². The number of ether oxygens (including phenoxy) is 1. The molecule has 1 aliphatic carbocycles. The molecule has 1 fully saturated rings. The largest absolute Gasteiger partial charge is 0.487 e. The molecule has 1 aromatic rings. The van der Waals surface area contributed by atoms with Crippen LogP contribution in [0.1, 0.15) is 29.0 Å². The molecule has 1 amide bonds. The number of carbonyl (C=O) groups excluding carboxylic acids is 1. The Morgan fingerprint density at radius 3 is 2.87 bits per heavy atom. The molecule has 0 unspecified atom stereocenters. The molecule has 2 N–H and O–H groups in total. The highest BCUT2D eigenvalue weighted by molar-refractivity contribution is 5.91. The number of hydrogen-bond donors (Lipinski definition) is 1. The summed E-state index contributed by atoms with van der Waals surface area (Å²) in [5.74, 6) is -0.227. The number of primary amides is 1. The van der Waals surface area contributed by atoms with Crippen molar-refractivity contribution in [1.82, 2.24) is 4.98 Å². The van der Waals surface area contributed by atoms with Gasteiger partial charge < -0.3 is 10.5 Å². The van der Waals surface area contributed by atoms with Gasteiger partial charge in [0.2, 0.25) is 0 Å². The third-order valence-corrected chi connectivity index (χ3v) is 2.03. The van der Waals surface area contributed by atoms with Gasteiger partial charge in [-0.15, -0.1) is 0 Å². The summed E-state index contributed by atoms with van der Waals surface area (Å²) in [4.78, 5) is 14.6. The van der Waals surface area contributed by atoms with Crippen molar-refractivity contribution in [2.75, 3.05) is 0 Å². The van der Waals surface area contributed by atoms with Crippen molar-refractivity contribution in [2.45, 2.75) is 18.9 Å². The Bertz CT molecular complexity index is 446. The number of carbonyl (C=O) groups is 1. The summed E-state index contributed by atoms with van der Waals surface area (Å²) in [7, 11) is 0. The quantitative estimate of drug-likeness (QED) is 0.778. The second-order valence-electron chi connectivity index (χ2n) is 3.34. The first-order chi connectivity index (χ1) is 7.20. The molecule has 1 aromatic heterocycles. The Labute approximate surface area is 86.5 Å². The molecule has 5 heteroatoms. The van der Waals surface area contributed by atoms with Gasteiger partial charge in [-0.3, -0.25) is 4.79 Å². The van der Waals surface area contributed by atoms with E-state index in [1.54, 1.807) is 6.07 Å². The van der Waals surface area contributed by atoms with Crippen LogP contribution in [0.25, 0.3) is 0 Å². The Balaban J connectivity index is 2.30. The van der Waals surface area contributed by atoms with Crippen molar-refractivity contribution in [3.05, 3.63) is 23.5 Å². The molecule has 76 valence electrons. The zero-order valence-electron chi connectivity index (χ0n) is 7.93. The maximum Gasteiger partial charge on any atom is 0.267 e. The lowest BCUT2D eigenvalue weighted by Gasteiger charge is -2.05. The lowest BCUT2D eigenvalue weighted by Crippen LogP contribution is -2.14. The van der Waals surface area contributed by atoms with Gasteiger partial charge in [0.15, 0.2) is 11.4 Å². The van der Waals surface area contributed by atoms with Crippen LogP contribution in [0.2, 0.25) is 0 Å². The molecule has 2 rings (SSSR count). The standard InChI is InChI=1S/C10H9N3O2/c11-5-8-9(15-6-1-2-6)4-3-7(13-8)10(12)14/h3-4,6H,1-2H2,(H2,12,14). The molecule has 0 spiro atoms. The molecule has 0 radical (unpaired) electrons. The number of nitrogens with two attached hydrogens (primary N) is 1. The van der Waals surface area contributed by atoms with Crippen LogP contribution in [0.4, 0.5) is 0 Å². The zero-order valence-corrected chi connectivity index (χ0v) is 7.93. The van der Waals surface area contributed by atoms with Crippen molar-refractivity contribution in [1.29, 1.82) is 5.26 Å². The van der Waals surface area contributed by atoms with Gasteiger partial charge >= 0.3 is 0 Å². The molecule has 1 heterocycles. The molecule has 0 aliphatic heterocycles. The van der Waals surface area contributed by atoms with Crippen molar-refractivity contribution in [3.8, 4) is 11.8 Å². The first-order valence-electron chi connectivity index (χ1n) is 4.58. The number of rotatable bonds is 3. The second-order valence-corrected chi connectivity index (χ2v) is 3.34. The third kappa shape index (κ3) is 2.05. The van der Waals surface area contributed by atoms with Gasteiger partial charge in [-0.2, -0.15) is 5.26 Å². The van der Waals surface area contributed by atoms with Gasteiger partial charge in [0.25, 0.3) is 5.91 Å². The van der Waals surface area contributed by atoms with Crippen LogP contribution >= 0.6 is 0 Å². The van der Waals surface area contributed by atoms with E-state index in [0.717, 1.165) is 12.8 Å². The van der Waals surface area contributed by atoms with Crippen molar-refractivity contribution in [3.63, 3.8) is 0 Å². The van der Waals surface area contributed by atoms with Crippen LogP contribution in [0, 0.1) is 11.3 Å². The monoisotopic (exact) mass is 203 g/mol. The molecular weight excluding hydrogens is 194 g/mol. The Morgan fingerprint density at radius 2 is 2.33 bits per heavy atom. The molecule has 5 nitrogen and oxygen atoms in total. The summed E-state index contributed by atoms with van der Waals surface area (Å²) >= 11 is 0. The van der Waals surface area contributed by atoms with Crippen LogP contribution in [0.3, 0.4) is 0 Å². The molecule has 0 bridgehead atoms. The molecule has 0 atom stereocenters. The minimum absolute atomic E-state index is 0.0784. The minimum atomic E-state index is -0.649. The van der Waals surface area contributed by atoms with E-state index in [2.05, 4.69) is 4.98 Å². The van der Waals surface area contributed by atoms with Crippen LogP contribution < -0.4 is 10.5 Å². The van der Waals surface area contributed by atoms with Gasteiger partial charge in [-0.1, -0.05) is 0 Å². The predicted octanol–water partition coefficient (Wildman–Crippen LogP) is 0.593. The van der Waals surface area contributed by atoms with Crippen molar-refractivity contribution < 1.29 is 9.53 Å². The van der Waals surface area contributed by atoms with E-state index >= 15 is 0 Å². The van der Waals surface area contributed by atoms with E-state index in [9.17, 15) is 4.79 Å². The molecule has 1 aliphatic rings. The maximum absolute atomic E-state index is 10.8. The third-order valence-electron chi connectivity index (χ3n) is 2.03. The normalized spacial score (nSPS) is 14.3. The highest BCUT2D eigenvalue weighted by Crippen LogP contribution is 2.28. The van der Waals surface area contributed by atoms with Crippen LogP contribution in [-0.2, 0) is 0 Å². The molecule has 15 heavy (non-hydrogen) atoms. The van der Waals surface area contributed by atoms with Gasteiger partial charge in [0.1, 0.15) is 11.8 Å². The van der Waals surface area contributed by atoms with E-state index in [1.165, 1.54) is 6.07 Å². The number of nitriles is 1.